The Labute approximate surface area is 144 Å². The second-order valence-corrected chi connectivity index (χ2v) is 8.86. The summed E-state index contributed by atoms with van der Waals surface area (Å²) in [6, 6.07) is 0.0574. The molecule has 0 aromatic carbocycles. The highest BCUT2D eigenvalue weighted by Gasteiger charge is 2.33. The van der Waals surface area contributed by atoms with Crippen molar-refractivity contribution in [3.63, 3.8) is 0 Å². The summed E-state index contributed by atoms with van der Waals surface area (Å²) in [6.45, 7) is 6.90. The Bertz CT molecular complexity index is 656. The standard InChI is InChI=1S/C16H28N4O3S/c1-4-6-13-10-19(7-8-24(3,22)23)12-15(13)18-16(21)14-9-17-20(5-2)11-14/h9,11,13,15H,4-8,10,12H2,1-3H3,(H,18,21)/t13-,15-/m0/s1. The van der Waals surface area contributed by atoms with Crippen molar-refractivity contribution in [1.82, 2.24) is 20.0 Å². The van der Waals surface area contributed by atoms with Gasteiger partial charge in [0.2, 0.25) is 0 Å². The highest BCUT2D eigenvalue weighted by atomic mass is 32.2. The first-order valence-electron chi connectivity index (χ1n) is 8.55. The second kappa shape index (κ2) is 8.11. The molecule has 1 aliphatic heterocycles. The maximum absolute atomic E-state index is 12.4. The molecule has 1 saturated heterocycles. The first-order valence-corrected chi connectivity index (χ1v) is 10.6. The van der Waals surface area contributed by atoms with Gasteiger partial charge in [-0.25, -0.2) is 8.42 Å². The van der Waals surface area contributed by atoms with Crippen LogP contribution in [0.4, 0.5) is 0 Å². The number of aryl methyl sites for hydroxylation is 1. The SMILES string of the molecule is CCC[C@H]1CN(CCS(C)(=O)=O)C[C@@H]1NC(=O)c1cnn(CC)c1. The van der Waals surface area contributed by atoms with Crippen LogP contribution in [0, 0.1) is 5.92 Å². The van der Waals surface area contributed by atoms with Crippen molar-refractivity contribution in [2.24, 2.45) is 5.92 Å². The number of rotatable bonds is 8. The maximum atomic E-state index is 12.4. The maximum Gasteiger partial charge on any atom is 0.254 e. The fourth-order valence-corrected chi connectivity index (χ4v) is 3.76. The Balaban J connectivity index is 1.97. The lowest BCUT2D eigenvalue weighted by Crippen LogP contribution is -2.40. The van der Waals surface area contributed by atoms with E-state index in [-0.39, 0.29) is 17.7 Å². The van der Waals surface area contributed by atoms with Gasteiger partial charge in [-0.1, -0.05) is 13.3 Å². The summed E-state index contributed by atoms with van der Waals surface area (Å²) in [4.78, 5) is 14.6. The number of amides is 1. The van der Waals surface area contributed by atoms with Gasteiger partial charge >= 0.3 is 0 Å². The van der Waals surface area contributed by atoms with Crippen LogP contribution in [0.2, 0.25) is 0 Å². The predicted octanol–water partition coefficient (Wildman–Crippen LogP) is 0.778. The fourth-order valence-electron chi connectivity index (χ4n) is 3.17. The van der Waals surface area contributed by atoms with Gasteiger partial charge in [-0.2, -0.15) is 5.10 Å². The van der Waals surface area contributed by atoms with Crippen LogP contribution in [0.5, 0.6) is 0 Å². The number of hydrogen-bond donors (Lipinski definition) is 1. The minimum atomic E-state index is -2.97. The normalized spacial score (nSPS) is 22.0. The summed E-state index contributed by atoms with van der Waals surface area (Å²) in [5.74, 6) is 0.418. The molecule has 8 heteroatoms. The average molecular weight is 356 g/mol. The molecule has 0 unspecified atom stereocenters. The minimum Gasteiger partial charge on any atom is -0.348 e. The van der Waals surface area contributed by atoms with Crippen LogP contribution in [-0.4, -0.2) is 66.7 Å². The van der Waals surface area contributed by atoms with E-state index in [1.807, 2.05) is 6.92 Å². The van der Waals surface area contributed by atoms with Crippen LogP contribution in [0.25, 0.3) is 0 Å². The van der Waals surface area contributed by atoms with Gasteiger partial charge in [-0.3, -0.25) is 14.4 Å². The molecule has 2 heterocycles. The number of sulfone groups is 1. The van der Waals surface area contributed by atoms with E-state index in [4.69, 9.17) is 0 Å². The lowest BCUT2D eigenvalue weighted by Gasteiger charge is -2.18. The summed E-state index contributed by atoms with van der Waals surface area (Å²) in [6.07, 6.45) is 6.67. The number of likely N-dealkylation sites (tertiary alicyclic amines) is 1. The van der Waals surface area contributed by atoms with Gasteiger partial charge in [0, 0.05) is 44.7 Å². The van der Waals surface area contributed by atoms with Crippen LogP contribution in [-0.2, 0) is 16.4 Å². The van der Waals surface area contributed by atoms with E-state index in [0.29, 0.717) is 24.6 Å². The van der Waals surface area contributed by atoms with Crippen LogP contribution in [0.1, 0.15) is 37.0 Å². The summed E-state index contributed by atoms with van der Waals surface area (Å²) in [5, 5.41) is 7.25. The molecular weight excluding hydrogens is 328 g/mol. The van der Waals surface area contributed by atoms with Gasteiger partial charge in [0.1, 0.15) is 9.84 Å². The topological polar surface area (TPSA) is 84.3 Å². The molecule has 0 saturated carbocycles. The largest absolute Gasteiger partial charge is 0.348 e. The molecule has 136 valence electrons. The van der Waals surface area contributed by atoms with E-state index in [0.717, 1.165) is 25.9 Å². The number of carbonyl (C=O) groups excluding carboxylic acids is 1. The molecule has 1 aliphatic rings. The monoisotopic (exact) mass is 356 g/mol. The van der Waals surface area contributed by atoms with Crippen molar-refractivity contribution in [3.05, 3.63) is 18.0 Å². The third kappa shape index (κ3) is 5.31. The number of hydrogen-bond acceptors (Lipinski definition) is 5. The Hall–Kier alpha value is -1.41. The third-order valence-electron chi connectivity index (χ3n) is 4.49. The molecule has 24 heavy (non-hydrogen) atoms. The zero-order valence-electron chi connectivity index (χ0n) is 14.7. The molecule has 1 aromatic rings. The Morgan fingerprint density at radius 1 is 1.38 bits per heavy atom. The van der Waals surface area contributed by atoms with E-state index in [9.17, 15) is 13.2 Å². The number of aromatic nitrogens is 2. The van der Waals surface area contributed by atoms with Crippen LogP contribution in [0.3, 0.4) is 0 Å². The van der Waals surface area contributed by atoms with Crippen LogP contribution in [0.15, 0.2) is 12.4 Å². The number of nitrogens with one attached hydrogen (secondary N) is 1. The number of nitrogens with zero attached hydrogens (tertiary/aromatic N) is 3. The fraction of sp³-hybridized carbons (Fsp3) is 0.750. The van der Waals surface area contributed by atoms with Gasteiger partial charge < -0.3 is 5.32 Å². The Morgan fingerprint density at radius 2 is 2.12 bits per heavy atom. The van der Waals surface area contributed by atoms with Crippen molar-refractivity contribution in [2.75, 3.05) is 31.6 Å². The molecular formula is C16H28N4O3S. The second-order valence-electron chi connectivity index (χ2n) is 6.60. The summed E-state index contributed by atoms with van der Waals surface area (Å²) in [7, 11) is -2.97. The van der Waals surface area contributed by atoms with Gasteiger partial charge in [0.25, 0.3) is 5.91 Å². The molecule has 1 N–H and O–H groups in total. The van der Waals surface area contributed by atoms with Crippen molar-refractivity contribution in [3.8, 4) is 0 Å². The molecule has 1 aromatic heterocycles. The lowest BCUT2D eigenvalue weighted by molar-refractivity contribution is 0.0929. The molecule has 0 aliphatic carbocycles. The summed E-state index contributed by atoms with van der Waals surface area (Å²) in [5.41, 5.74) is 0.571. The molecule has 2 rings (SSSR count). The van der Waals surface area contributed by atoms with E-state index in [1.165, 1.54) is 6.26 Å². The first kappa shape index (κ1) is 18.9. The van der Waals surface area contributed by atoms with Gasteiger partial charge in [-0.05, 0) is 19.3 Å². The van der Waals surface area contributed by atoms with E-state index >= 15 is 0 Å². The zero-order chi connectivity index (χ0) is 17.7. The molecule has 0 bridgehead atoms. The molecule has 0 radical (unpaired) electrons. The molecule has 0 spiro atoms. The Morgan fingerprint density at radius 3 is 2.71 bits per heavy atom. The quantitative estimate of drug-likeness (QED) is 0.744. The molecule has 2 atom stereocenters. The van der Waals surface area contributed by atoms with Crippen LogP contribution < -0.4 is 5.32 Å². The molecule has 1 amide bonds. The smallest absolute Gasteiger partial charge is 0.254 e. The molecule has 7 nitrogen and oxygen atoms in total. The minimum absolute atomic E-state index is 0.0574. The Kier molecular flexibility index (Phi) is 6.40. The van der Waals surface area contributed by atoms with Gasteiger partial charge in [0.05, 0.1) is 17.5 Å². The van der Waals surface area contributed by atoms with Crippen LogP contribution >= 0.6 is 0 Å². The third-order valence-corrected chi connectivity index (χ3v) is 5.41. The van der Waals surface area contributed by atoms with Crippen molar-refractivity contribution < 1.29 is 13.2 Å². The van der Waals surface area contributed by atoms with E-state index < -0.39 is 9.84 Å². The van der Waals surface area contributed by atoms with Crippen molar-refractivity contribution in [2.45, 2.75) is 39.3 Å². The summed E-state index contributed by atoms with van der Waals surface area (Å²) >= 11 is 0. The van der Waals surface area contributed by atoms with Gasteiger partial charge in [0.15, 0.2) is 0 Å². The summed E-state index contributed by atoms with van der Waals surface area (Å²) < 4.78 is 24.5. The predicted molar refractivity (Wildman–Crippen MR) is 93.7 cm³/mol. The average Bonchev–Trinajstić information content (AvgIpc) is 3.12. The van der Waals surface area contributed by atoms with Gasteiger partial charge in [-0.15, -0.1) is 0 Å². The highest BCUT2D eigenvalue weighted by molar-refractivity contribution is 7.90. The first-order chi connectivity index (χ1) is 11.3. The highest BCUT2D eigenvalue weighted by Crippen LogP contribution is 2.22. The van der Waals surface area contributed by atoms with E-state index in [1.54, 1.807) is 17.1 Å². The van der Waals surface area contributed by atoms with Crippen molar-refractivity contribution >= 4 is 15.7 Å². The van der Waals surface area contributed by atoms with E-state index in [2.05, 4.69) is 22.2 Å². The van der Waals surface area contributed by atoms with Crippen molar-refractivity contribution in [1.29, 1.82) is 0 Å². The zero-order valence-corrected chi connectivity index (χ0v) is 15.6. The molecule has 1 fully saturated rings. The number of carbonyl (C=O) groups is 1. The lowest BCUT2D eigenvalue weighted by atomic mass is 9.98.